The maximum atomic E-state index is 12.3. The number of rotatable bonds is 12. The highest BCUT2D eigenvalue weighted by Gasteiger charge is 2.14. The smallest absolute Gasteiger partial charge is 0.307 e. The Bertz CT molecular complexity index is 1120. The Labute approximate surface area is 193 Å². The zero-order chi connectivity index (χ0) is 23.5. The van der Waals surface area contributed by atoms with Gasteiger partial charge in [0.15, 0.2) is 0 Å². The third kappa shape index (κ3) is 7.89. The molecule has 2 aromatic carbocycles. The molecule has 0 fully saturated rings. The van der Waals surface area contributed by atoms with Crippen LogP contribution >= 0.6 is 0 Å². The van der Waals surface area contributed by atoms with Crippen molar-refractivity contribution < 1.29 is 27.4 Å². The SMILES string of the molecule is CCOc1ccc(S(=O)(=O)NCCC(=O)OCc2ccc(OCc3ccccn3)cc2)cc1. The Morgan fingerprint density at radius 3 is 2.27 bits per heavy atom. The molecule has 1 N–H and O–H groups in total. The number of carbonyl (C=O) groups is 1. The molecule has 9 heteroatoms. The normalized spacial score (nSPS) is 11.1. The van der Waals surface area contributed by atoms with Gasteiger partial charge in [-0.15, -0.1) is 0 Å². The fourth-order valence-corrected chi connectivity index (χ4v) is 3.84. The van der Waals surface area contributed by atoms with Gasteiger partial charge in [-0.2, -0.15) is 0 Å². The highest BCUT2D eigenvalue weighted by molar-refractivity contribution is 7.89. The second-order valence-corrected chi connectivity index (χ2v) is 8.73. The molecule has 3 rings (SSSR count). The van der Waals surface area contributed by atoms with Crippen molar-refractivity contribution in [2.75, 3.05) is 13.2 Å². The van der Waals surface area contributed by atoms with Crippen molar-refractivity contribution in [1.82, 2.24) is 9.71 Å². The number of nitrogens with zero attached hydrogens (tertiary/aromatic N) is 1. The largest absolute Gasteiger partial charge is 0.494 e. The number of sulfonamides is 1. The third-order valence-electron chi connectivity index (χ3n) is 4.50. The molecule has 8 nitrogen and oxygen atoms in total. The second-order valence-electron chi connectivity index (χ2n) is 6.97. The Morgan fingerprint density at radius 2 is 1.61 bits per heavy atom. The number of hydrogen-bond donors (Lipinski definition) is 1. The first kappa shape index (κ1) is 24.2. The average molecular weight is 471 g/mol. The summed E-state index contributed by atoms with van der Waals surface area (Å²) in [6, 6.07) is 18.9. The van der Waals surface area contributed by atoms with E-state index in [0.29, 0.717) is 24.7 Å². The lowest BCUT2D eigenvalue weighted by Crippen LogP contribution is -2.26. The van der Waals surface area contributed by atoms with Gasteiger partial charge in [-0.05, 0) is 61.0 Å². The van der Waals surface area contributed by atoms with Crippen LogP contribution in [0.4, 0.5) is 0 Å². The molecule has 1 aromatic heterocycles. The van der Waals surface area contributed by atoms with Gasteiger partial charge < -0.3 is 14.2 Å². The van der Waals surface area contributed by atoms with Gasteiger partial charge in [-0.25, -0.2) is 13.1 Å². The molecule has 0 saturated heterocycles. The molecule has 0 amide bonds. The number of hydrogen-bond acceptors (Lipinski definition) is 7. The van der Waals surface area contributed by atoms with Crippen LogP contribution < -0.4 is 14.2 Å². The van der Waals surface area contributed by atoms with Crippen molar-refractivity contribution in [2.45, 2.75) is 31.5 Å². The predicted molar refractivity (Wildman–Crippen MR) is 122 cm³/mol. The monoisotopic (exact) mass is 470 g/mol. The van der Waals surface area contributed by atoms with E-state index >= 15 is 0 Å². The van der Waals surface area contributed by atoms with E-state index < -0.39 is 16.0 Å². The molecule has 174 valence electrons. The Balaban J connectivity index is 1.38. The number of aromatic nitrogens is 1. The van der Waals surface area contributed by atoms with Crippen LogP contribution in [0.15, 0.2) is 77.8 Å². The molecule has 3 aromatic rings. The standard InChI is InChI=1S/C24H26N2O6S/c1-2-30-21-10-12-23(13-11-21)33(28,29)26-16-14-24(27)32-17-19-6-8-22(9-7-19)31-18-20-5-3-4-15-25-20/h3-13,15,26H,2,14,16-18H2,1H3. The van der Waals surface area contributed by atoms with Crippen LogP contribution in [-0.4, -0.2) is 32.5 Å². The molecule has 0 bridgehead atoms. The van der Waals surface area contributed by atoms with Crippen molar-refractivity contribution in [1.29, 1.82) is 0 Å². The molecule has 1 heterocycles. The molecule has 0 unspecified atom stereocenters. The molecule has 0 aliphatic rings. The molecule has 0 spiro atoms. The Kier molecular flexibility index (Phi) is 8.79. The van der Waals surface area contributed by atoms with Crippen LogP contribution in [0.1, 0.15) is 24.6 Å². The fourth-order valence-electron chi connectivity index (χ4n) is 2.81. The summed E-state index contributed by atoms with van der Waals surface area (Å²) in [4.78, 5) is 16.3. The van der Waals surface area contributed by atoms with Crippen LogP contribution in [0.25, 0.3) is 0 Å². The summed E-state index contributed by atoms with van der Waals surface area (Å²) < 4.78 is 43.2. The lowest BCUT2D eigenvalue weighted by atomic mass is 10.2. The summed E-state index contributed by atoms with van der Waals surface area (Å²) in [7, 11) is -3.72. The lowest BCUT2D eigenvalue weighted by molar-refractivity contribution is -0.144. The van der Waals surface area contributed by atoms with Crippen LogP contribution in [0.3, 0.4) is 0 Å². The van der Waals surface area contributed by atoms with Gasteiger partial charge >= 0.3 is 5.97 Å². The molecule has 0 radical (unpaired) electrons. The zero-order valence-electron chi connectivity index (χ0n) is 18.3. The minimum Gasteiger partial charge on any atom is -0.494 e. The van der Waals surface area contributed by atoms with E-state index in [1.165, 1.54) is 12.1 Å². The van der Waals surface area contributed by atoms with Crippen molar-refractivity contribution in [3.8, 4) is 11.5 Å². The maximum Gasteiger partial charge on any atom is 0.307 e. The van der Waals surface area contributed by atoms with E-state index in [1.54, 1.807) is 42.6 Å². The van der Waals surface area contributed by atoms with Crippen LogP contribution in [0.2, 0.25) is 0 Å². The van der Waals surface area contributed by atoms with E-state index in [1.807, 2.05) is 25.1 Å². The number of benzene rings is 2. The minimum atomic E-state index is -3.72. The topological polar surface area (TPSA) is 104 Å². The Hall–Kier alpha value is -3.43. The predicted octanol–water partition coefficient (Wildman–Crippen LogP) is 3.47. The number of pyridine rings is 1. The van der Waals surface area contributed by atoms with E-state index in [4.69, 9.17) is 14.2 Å². The summed E-state index contributed by atoms with van der Waals surface area (Å²) >= 11 is 0. The van der Waals surface area contributed by atoms with Gasteiger partial charge in [-0.3, -0.25) is 9.78 Å². The molecular formula is C24H26N2O6S. The van der Waals surface area contributed by atoms with E-state index in [9.17, 15) is 13.2 Å². The summed E-state index contributed by atoms with van der Waals surface area (Å²) in [5.74, 6) is 0.770. The number of esters is 1. The van der Waals surface area contributed by atoms with Gasteiger partial charge in [-0.1, -0.05) is 18.2 Å². The van der Waals surface area contributed by atoms with E-state index in [0.717, 1.165) is 11.3 Å². The zero-order valence-corrected chi connectivity index (χ0v) is 19.1. The lowest BCUT2D eigenvalue weighted by Gasteiger charge is -2.09. The first-order valence-corrected chi connectivity index (χ1v) is 11.9. The first-order valence-electron chi connectivity index (χ1n) is 10.5. The number of nitrogens with one attached hydrogen (secondary N) is 1. The van der Waals surface area contributed by atoms with Crippen molar-refractivity contribution in [2.24, 2.45) is 0 Å². The Morgan fingerprint density at radius 1 is 0.909 bits per heavy atom. The van der Waals surface area contributed by atoms with E-state index in [-0.39, 0.29) is 24.5 Å². The molecule has 33 heavy (non-hydrogen) atoms. The summed E-state index contributed by atoms with van der Waals surface area (Å²) in [5, 5.41) is 0. The maximum absolute atomic E-state index is 12.3. The van der Waals surface area contributed by atoms with Crippen LogP contribution in [-0.2, 0) is 32.8 Å². The third-order valence-corrected chi connectivity index (χ3v) is 5.98. The molecule has 0 saturated carbocycles. The van der Waals surface area contributed by atoms with Crippen molar-refractivity contribution in [3.05, 3.63) is 84.2 Å². The quantitative estimate of drug-likeness (QED) is 0.404. The van der Waals surface area contributed by atoms with Gasteiger partial charge in [0.2, 0.25) is 10.0 Å². The highest BCUT2D eigenvalue weighted by atomic mass is 32.2. The van der Waals surface area contributed by atoms with Crippen molar-refractivity contribution in [3.63, 3.8) is 0 Å². The molecule has 0 aliphatic heterocycles. The highest BCUT2D eigenvalue weighted by Crippen LogP contribution is 2.16. The summed E-state index contributed by atoms with van der Waals surface area (Å²) in [5.41, 5.74) is 1.62. The van der Waals surface area contributed by atoms with Gasteiger partial charge in [0.1, 0.15) is 24.7 Å². The molecular weight excluding hydrogens is 444 g/mol. The number of carbonyl (C=O) groups excluding carboxylic acids is 1. The second kappa shape index (κ2) is 12.0. The van der Waals surface area contributed by atoms with Crippen LogP contribution in [0, 0.1) is 0 Å². The van der Waals surface area contributed by atoms with Crippen molar-refractivity contribution >= 4 is 16.0 Å². The first-order chi connectivity index (χ1) is 16.0. The van der Waals surface area contributed by atoms with Crippen LogP contribution in [0.5, 0.6) is 11.5 Å². The minimum absolute atomic E-state index is 0.0608. The van der Waals surface area contributed by atoms with E-state index in [2.05, 4.69) is 9.71 Å². The number of ether oxygens (including phenoxy) is 3. The summed E-state index contributed by atoms with van der Waals surface area (Å²) in [6.07, 6.45) is 1.63. The van der Waals surface area contributed by atoms with Gasteiger partial charge in [0, 0.05) is 12.7 Å². The van der Waals surface area contributed by atoms with Gasteiger partial charge in [0.25, 0.3) is 0 Å². The van der Waals surface area contributed by atoms with Gasteiger partial charge in [0.05, 0.1) is 23.6 Å². The molecule has 0 aliphatic carbocycles. The average Bonchev–Trinajstić information content (AvgIpc) is 2.83. The fraction of sp³-hybridized carbons (Fsp3) is 0.250. The molecule has 0 atom stereocenters. The summed E-state index contributed by atoms with van der Waals surface area (Å²) in [6.45, 7) is 2.73.